The zero-order valence-corrected chi connectivity index (χ0v) is 9.83. The molecule has 0 saturated carbocycles. The Kier molecular flexibility index (Phi) is 2.71. The maximum Gasteiger partial charge on any atom is 0.266 e. The van der Waals surface area contributed by atoms with Gasteiger partial charge in [-0.2, -0.15) is 0 Å². The average Bonchev–Trinajstić information content (AvgIpc) is 2.66. The molecule has 0 aliphatic carbocycles. The second-order valence-corrected chi connectivity index (χ2v) is 5.75. The molecule has 0 N–H and O–H groups in total. The number of benzene rings is 1. The Morgan fingerprint density at radius 3 is 2.31 bits per heavy atom. The Morgan fingerprint density at radius 1 is 1.19 bits per heavy atom. The van der Waals surface area contributed by atoms with Crippen molar-refractivity contribution in [1.82, 2.24) is 4.31 Å². The van der Waals surface area contributed by atoms with Crippen molar-refractivity contribution in [3.8, 4) is 0 Å². The minimum Gasteiger partial charge on any atom is -0.274 e. The maximum atomic E-state index is 12.1. The first-order chi connectivity index (χ1) is 7.51. The van der Waals surface area contributed by atoms with Gasteiger partial charge in [0, 0.05) is 13.0 Å². The van der Waals surface area contributed by atoms with Crippen molar-refractivity contribution in [3.63, 3.8) is 0 Å². The highest BCUT2D eigenvalue weighted by molar-refractivity contribution is 7.89. The van der Waals surface area contributed by atoms with Crippen LogP contribution in [-0.2, 0) is 14.8 Å². The fourth-order valence-corrected chi connectivity index (χ4v) is 3.18. The van der Waals surface area contributed by atoms with Gasteiger partial charge in [-0.15, -0.1) is 0 Å². The molecule has 16 heavy (non-hydrogen) atoms. The highest BCUT2D eigenvalue weighted by atomic mass is 32.2. The standard InChI is InChI=1S/C11H13NO3S/c1-9-4-6-10(7-5-9)16(14,15)12-8-2-3-11(12)13/h4-7H,2-3,8H2,1H3. The minimum atomic E-state index is -3.62. The van der Waals surface area contributed by atoms with Gasteiger partial charge >= 0.3 is 0 Å². The predicted octanol–water partition coefficient (Wildman–Crippen LogP) is 1.31. The number of rotatable bonds is 2. The number of aryl methyl sites for hydroxylation is 1. The summed E-state index contributed by atoms with van der Waals surface area (Å²) in [4.78, 5) is 11.6. The summed E-state index contributed by atoms with van der Waals surface area (Å²) in [6, 6.07) is 6.54. The van der Waals surface area contributed by atoms with E-state index in [0.29, 0.717) is 19.4 Å². The van der Waals surface area contributed by atoms with Crippen molar-refractivity contribution < 1.29 is 13.2 Å². The molecule has 0 bridgehead atoms. The van der Waals surface area contributed by atoms with Gasteiger partial charge in [0.1, 0.15) is 0 Å². The Morgan fingerprint density at radius 2 is 1.81 bits per heavy atom. The van der Waals surface area contributed by atoms with Gasteiger partial charge in [-0.3, -0.25) is 4.79 Å². The van der Waals surface area contributed by atoms with Crippen LogP contribution in [0.25, 0.3) is 0 Å². The molecule has 0 atom stereocenters. The molecular weight excluding hydrogens is 226 g/mol. The van der Waals surface area contributed by atoms with Crippen molar-refractivity contribution in [3.05, 3.63) is 29.8 Å². The third kappa shape index (κ3) is 1.82. The third-order valence-corrected chi connectivity index (χ3v) is 4.47. The first kappa shape index (κ1) is 11.1. The van der Waals surface area contributed by atoms with Crippen molar-refractivity contribution in [1.29, 1.82) is 0 Å². The van der Waals surface area contributed by atoms with E-state index in [1.807, 2.05) is 6.92 Å². The zero-order chi connectivity index (χ0) is 11.8. The average molecular weight is 239 g/mol. The van der Waals surface area contributed by atoms with Crippen LogP contribution in [0.1, 0.15) is 18.4 Å². The van der Waals surface area contributed by atoms with Gasteiger partial charge in [0.05, 0.1) is 4.90 Å². The highest BCUT2D eigenvalue weighted by Crippen LogP contribution is 2.21. The number of hydrogen-bond donors (Lipinski definition) is 0. The van der Waals surface area contributed by atoms with Crippen molar-refractivity contribution in [2.45, 2.75) is 24.7 Å². The Bertz CT molecular complexity index is 505. The SMILES string of the molecule is Cc1ccc(S(=O)(=O)N2CCCC2=O)cc1. The molecule has 1 amide bonds. The van der Waals surface area contributed by atoms with E-state index < -0.39 is 10.0 Å². The van der Waals surface area contributed by atoms with E-state index >= 15 is 0 Å². The van der Waals surface area contributed by atoms with Crippen molar-refractivity contribution in [2.24, 2.45) is 0 Å². The number of hydrogen-bond acceptors (Lipinski definition) is 3. The molecule has 0 aromatic heterocycles. The van der Waals surface area contributed by atoms with E-state index in [1.54, 1.807) is 12.1 Å². The summed E-state index contributed by atoms with van der Waals surface area (Å²) < 4.78 is 25.1. The Labute approximate surface area is 94.9 Å². The van der Waals surface area contributed by atoms with Gasteiger partial charge in [0.25, 0.3) is 10.0 Å². The van der Waals surface area contributed by atoms with E-state index in [-0.39, 0.29) is 10.8 Å². The van der Waals surface area contributed by atoms with Crippen LogP contribution in [0.15, 0.2) is 29.2 Å². The molecule has 0 spiro atoms. The zero-order valence-electron chi connectivity index (χ0n) is 9.01. The van der Waals surface area contributed by atoms with Crippen molar-refractivity contribution in [2.75, 3.05) is 6.54 Å². The fourth-order valence-electron chi connectivity index (χ4n) is 1.71. The molecule has 0 unspecified atom stereocenters. The first-order valence-corrected chi connectivity index (χ1v) is 6.58. The number of sulfonamides is 1. The maximum absolute atomic E-state index is 12.1. The van der Waals surface area contributed by atoms with Gasteiger partial charge in [0.2, 0.25) is 5.91 Å². The number of carbonyl (C=O) groups excluding carboxylic acids is 1. The molecular formula is C11H13NO3S. The highest BCUT2D eigenvalue weighted by Gasteiger charge is 2.32. The lowest BCUT2D eigenvalue weighted by Gasteiger charge is -2.15. The van der Waals surface area contributed by atoms with Crippen LogP contribution in [0.3, 0.4) is 0 Å². The van der Waals surface area contributed by atoms with Crippen LogP contribution in [0.2, 0.25) is 0 Å². The molecule has 1 saturated heterocycles. The quantitative estimate of drug-likeness (QED) is 0.781. The Hall–Kier alpha value is -1.36. The summed E-state index contributed by atoms with van der Waals surface area (Å²) in [7, 11) is -3.62. The second-order valence-electron chi connectivity index (χ2n) is 3.89. The van der Waals surface area contributed by atoms with Crippen LogP contribution in [0, 0.1) is 6.92 Å². The van der Waals surface area contributed by atoms with Crippen LogP contribution in [-0.4, -0.2) is 25.2 Å². The third-order valence-electron chi connectivity index (χ3n) is 2.64. The molecule has 1 aromatic rings. The lowest BCUT2D eigenvalue weighted by Crippen LogP contribution is -2.31. The van der Waals surface area contributed by atoms with Crippen LogP contribution < -0.4 is 0 Å². The van der Waals surface area contributed by atoms with E-state index in [4.69, 9.17) is 0 Å². The van der Waals surface area contributed by atoms with Gasteiger partial charge in [0.15, 0.2) is 0 Å². The molecule has 0 radical (unpaired) electrons. The predicted molar refractivity (Wildman–Crippen MR) is 59.3 cm³/mol. The van der Waals surface area contributed by atoms with Gasteiger partial charge in [-0.25, -0.2) is 12.7 Å². The van der Waals surface area contributed by atoms with Crippen LogP contribution in [0.5, 0.6) is 0 Å². The van der Waals surface area contributed by atoms with E-state index in [9.17, 15) is 13.2 Å². The molecule has 5 heteroatoms. The summed E-state index contributed by atoms with van der Waals surface area (Å²) in [5.74, 6) is -0.305. The lowest BCUT2D eigenvalue weighted by atomic mass is 10.2. The van der Waals surface area contributed by atoms with Crippen molar-refractivity contribution >= 4 is 15.9 Å². The lowest BCUT2D eigenvalue weighted by molar-refractivity contribution is -0.123. The van der Waals surface area contributed by atoms with Gasteiger partial charge < -0.3 is 0 Å². The first-order valence-electron chi connectivity index (χ1n) is 5.14. The molecule has 1 aliphatic rings. The van der Waals surface area contributed by atoms with E-state index in [1.165, 1.54) is 12.1 Å². The number of amides is 1. The Balaban J connectivity index is 2.39. The topological polar surface area (TPSA) is 54.5 Å². The summed E-state index contributed by atoms with van der Waals surface area (Å²) in [5, 5.41) is 0. The minimum absolute atomic E-state index is 0.188. The van der Waals surface area contributed by atoms with Crippen LogP contribution in [0.4, 0.5) is 0 Å². The second kappa shape index (κ2) is 3.90. The van der Waals surface area contributed by atoms with E-state index in [2.05, 4.69) is 0 Å². The van der Waals surface area contributed by atoms with Crippen LogP contribution >= 0.6 is 0 Å². The molecule has 1 heterocycles. The van der Waals surface area contributed by atoms with Gasteiger partial charge in [-0.1, -0.05) is 17.7 Å². The van der Waals surface area contributed by atoms with Gasteiger partial charge in [-0.05, 0) is 25.5 Å². The number of nitrogens with zero attached hydrogens (tertiary/aromatic N) is 1. The van der Waals surface area contributed by atoms with E-state index in [0.717, 1.165) is 9.87 Å². The monoisotopic (exact) mass is 239 g/mol. The number of carbonyl (C=O) groups is 1. The summed E-state index contributed by atoms with van der Waals surface area (Å²) in [5.41, 5.74) is 0.992. The molecule has 2 rings (SSSR count). The summed E-state index contributed by atoms with van der Waals surface area (Å²) >= 11 is 0. The molecule has 86 valence electrons. The molecule has 1 aliphatic heterocycles. The smallest absolute Gasteiger partial charge is 0.266 e. The summed E-state index contributed by atoms with van der Waals surface area (Å²) in [6.07, 6.45) is 0.940. The fraction of sp³-hybridized carbons (Fsp3) is 0.364. The molecule has 4 nitrogen and oxygen atoms in total. The summed E-state index contributed by atoms with van der Waals surface area (Å²) in [6.45, 7) is 2.19. The largest absolute Gasteiger partial charge is 0.274 e. The normalized spacial score (nSPS) is 16.8. The molecule has 1 aromatic carbocycles. The molecule has 1 fully saturated rings.